The van der Waals surface area contributed by atoms with Crippen LogP contribution in [-0.2, 0) is 16.0 Å². The van der Waals surface area contributed by atoms with E-state index in [1.54, 1.807) is 7.11 Å². The molecular formula is C23H35N5O4. The number of carbonyl (C=O) groups is 2. The van der Waals surface area contributed by atoms with Crippen molar-refractivity contribution in [3.05, 3.63) is 17.7 Å². The van der Waals surface area contributed by atoms with E-state index >= 15 is 0 Å². The van der Waals surface area contributed by atoms with Crippen LogP contribution in [0.2, 0.25) is 0 Å². The van der Waals surface area contributed by atoms with Crippen molar-refractivity contribution in [2.75, 3.05) is 71.4 Å². The van der Waals surface area contributed by atoms with Crippen LogP contribution in [0, 0.1) is 0 Å². The Labute approximate surface area is 190 Å². The van der Waals surface area contributed by atoms with E-state index in [0.717, 1.165) is 55.3 Å². The second-order valence-electron chi connectivity index (χ2n) is 8.77. The summed E-state index contributed by atoms with van der Waals surface area (Å²) in [5.74, 6) is 1.67. The van der Waals surface area contributed by atoms with Gasteiger partial charge in [0.1, 0.15) is 11.5 Å². The number of rotatable bonds is 5. The van der Waals surface area contributed by atoms with Crippen molar-refractivity contribution < 1.29 is 19.1 Å². The molecule has 9 heteroatoms. The van der Waals surface area contributed by atoms with Crippen LogP contribution >= 0.6 is 0 Å². The van der Waals surface area contributed by atoms with Gasteiger partial charge in [-0.15, -0.1) is 0 Å². The Morgan fingerprint density at radius 1 is 1.09 bits per heavy atom. The molecule has 3 aliphatic rings. The Morgan fingerprint density at radius 2 is 1.81 bits per heavy atom. The number of hydrogen-bond donors (Lipinski definition) is 1. The van der Waals surface area contributed by atoms with Crippen LogP contribution in [0.15, 0.2) is 12.1 Å². The predicted molar refractivity (Wildman–Crippen MR) is 122 cm³/mol. The number of amides is 2. The van der Waals surface area contributed by atoms with Gasteiger partial charge in [0.25, 0.3) is 5.91 Å². The molecule has 32 heavy (non-hydrogen) atoms. The lowest BCUT2D eigenvalue weighted by molar-refractivity contribution is -0.137. The minimum atomic E-state index is -0.530. The molecule has 0 aliphatic carbocycles. The van der Waals surface area contributed by atoms with Crippen molar-refractivity contribution in [2.45, 2.75) is 32.3 Å². The largest absolute Gasteiger partial charge is 0.497 e. The molecule has 2 fully saturated rings. The van der Waals surface area contributed by atoms with Crippen LogP contribution in [-0.4, -0.2) is 99.2 Å². The van der Waals surface area contributed by atoms with E-state index in [9.17, 15) is 9.59 Å². The third-order valence-corrected chi connectivity index (χ3v) is 6.63. The number of hydrazine groups is 1. The Bertz CT molecular complexity index is 832. The molecule has 0 radical (unpaired) electrons. The number of aryl methyl sites for hydroxylation is 1. The van der Waals surface area contributed by atoms with Crippen molar-refractivity contribution in [1.82, 2.24) is 20.2 Å². The van der Waals surface area contributed by atoms with E-state index < -0.39 is 6.10 Å². The lowest BCUT2D eigenvalue weighted by atomic mass is 9.99. The van der Waals surface area contributed by atoms with Crippen molar-refractivity contribution in [1.29, 1.82) is 0 Å². The van der Waals surface area contributed by atoms with Gasteiger partial charge in [0, 0.05) is 70.4 Å². The first-order chi connectivity index (χ1) is 15.5. The van der Waals surface area contributed by atoms with Crippen molar-refractivity contribution in [3.8, 4) is 11.5 Å². The van der Waals surface area contributed by atoms with Gasteiger partial charge in [-0.05, 0) is 26.0 Å². The normalized spacial score (nSPS) is 22.2. The molecule has 2 amide bonds. The monoisotopic (exact) mass is 445 g/mol. The number of ether oxygens (including phenoxy) is 2. The average molecular weight is 446 g/mol. The predicted octanol–water partition coefficient (Wildman–Crippen LogP) is 0.726. The van der Waals surface area contributed by atoms with E-state index in [1.807, 2.05) is 29.0 Å². The van der Waals surface area contributed by atoms with Gasteiger partial charge in [-0.1, -0.05) is 6.92 Å². The highest BCUT2D eigenvalue weighted by molar-refractivity contribution is 5.82. The molecule has 9 nitrogen and oxygen atoms in total. The summed E-state index contributed by atoms with van der Waals surface area (Å²) in [4.78, 5) is 31.4. The zero-order valence-electron chi connectivity index (χ0n) is 19.4. The van der Waals surface area contributed by atoms with Gasteiger partial charge >= 0.3 is 0 Å². The number of benzene rings is 1. The van der Waals surface area contributed by atoms with E-state index in [1.165, 1.54) is 0 Å². The molecule has 2 saturated heterocycles. The number of carbonyl (C=O) groups excluding carboxylic acids is 2. The summed E-state index contributed by atoms with van der Waals surface area (Å²) in [5.41, 5.74) is 5.11. The lowest BCUT2D eigenvalue weighted by Gasteiger charge is -2.38. The van der Waals surface area contributed by atoms with Crippen LogP contribution in [0.1, 0.15) is 25.3 Å². The number of fused-ring (bicyclic) bond motifs is 1. The highest BCUT2D eigenvalue weighted by Gasteiger charge is 2.32. The SMILES string of the molecule is CCC(=O)N1CCN(NC(=O)C2CCc3cc(OC)cc(N4CCN(C)CC4)c3O2)CC1. The smallest absolute Gasteiger partial charge is 0.275 e. The summed E-state index contributed by atoms with van der Waals surface area (Å²) in [6.45, 7) is 8.21. The van der Waals surface area contributed by atoms with Crippen LogP contribution < -0.4 is 19.8 Å². The quantitative estimate of drug-likeness (QED) is 0.716. The maximum Gasteiger partial charge on any atom is 0.275 e. The summed E-state index contributed by atoms with van der Waals surface area (Å²) >= 11 is 0. The molecule has 1 N–H and O–H groups in total. The minimum Gasteiger partial charge on any atom is -0.497 e. The number of nitrogens with zero attached hydrogens (tertiary/aromatic N) is 4. The van der Waals surface area contributed by atoms with Crippen LogP contribution in [0.3, 0.4) is 0 Å². The Kier molecular flexibility index (Phi) is 7.05. The second-order valence-corrected chi connectivity index (χ2v) is 8.77. The lowest BCUT2D eigenvalue weighted by Crippen LogP contribution is -2.57. The second kappa shape index (κ2) is 9.95. The molecule has 1 unspecified atom stereocenters. The molecule has 0 saturated carbocycles. The van der Waals surface area contributed by atoms with E-state index in [0.29, 0.717) is 39.0 Å². The molecule has 0 aromatic heterocycles. The molecule has 1 atom stereocenters. The van der Waals surface area contributed by atoms with Crippen molar-refractivity contribution in [2.24, 2.45) is 0 Å². The fourth-order valence-corrected chi connectivity index (χ4v) is 4.56. The highest BCUT2D eigenvalue weighted by atomic mass is 16.5. The first-order valence-corrected chi connectivity index (χ1v) is 11.6. The molecule has 176 valence electrons. The molecular weight excluding hydrogens is 410 g/mol. The van der Waals surface area contributed by atoms with Crippen LogP contribution in [0.4, 0.5) is 5.69 Å². The Morgan fingerprint density at radius 3 is 2.47 bits per heavy atom. The minimum absolute atomic E-state index is 0.119. The van der Waals surface area contributed by atoms with Gasteiger partial charge < -0.3 is 24.2 Å². The zero-order valence-corrected chi connectivity index (χ0v) is 19.4. The Balaban J connectivity index is 1.42. The summed E-state index contributed by atoms with van der Waals surface area (Å²) in [6.07, 6.45) is 1.38. The fourth-order valence-electron chi connectivity index (χ4n) is 4.56. The van der Waals surface area contributed by atoms with Gasteiger partial charge in [0.2, 0.25) is 5.91 Å². The van der Waals surface area contributed by atoms with E-state index in [4.69, 9.17) is 9.47 Å². The third kappa shape index (κ3) is 4.94. The van der Waals surface area contributed by atoms with E-state index in [-0.39, 0.29) is 11.8 Å². The number of methoxy groups -OCH3 is 1. The number of piperazine rings is 2. The number of likely N-dealkylation sites (N-methyl/N-ethyl adjacent to an activating group) is 1. The first kappa shape index (κ1) is 22.7. The zero-order chi connectivity index (χ0) is 22.7. The van der Waals surface area contributed by atoms with E-state index in [2.05, 4.69) is 22.3 Å². The van der Waals surface area contributed by atoms with Gasteiger partial charge in [-0.2, -0.15) is 0 Å². The van der Waals surface area contributed by atoms with Gasteiger partial charge in [-0.3, -0.25) is 15.0 Å². The summed E-state index contributed by atoms with van der Waals surface area (Å²) < 4.78 is 11.8. The number of anilines is 1. The van der Waals surface area contributed by atoms with Crippen molar-refractivity contribution >= 4 is 17.5 Å². The van der Waals surface area contributed by atoms with Gasteiger partial charge in [-0.25, -0.2) is 5.01 Å². The van der Waals surface area contributed by atoms with Gasteiger partial charge in [0.05, 0.1) is 12.8 Å². The molecule has 3 aliphatic heterocycles. The number of hydrogen-bond acceptors (Lipinski definition) is 7. The average Bonchev–Trinajstić information content (AvgIpc) is 2.83. The highest BCUT2D eigenvalue weighted by Crippen LogP contribution is 2.41. The van der Waals surface area contributed by atoms with Crippen LogP contribution in [0.5, 0.6) is 11.5 Å². The van der Waals surface area contributed by atoms with Crippen LogP contribution in [0.25, 0.3) is 0 Å². The number of nitrogens with one attached hydrogen (secondary N) is 1. The van der Waals surface area contributed by atoms with Crippen molar-refractivity contribution in [3.63, 3.8) is 0 Å². The molecule has 4 rings (SSSR count). The molecule has 3 heterocycles. The maximum absolute atomic E-state index is 13.0. The third-order valence-electron chi connectivity index (χ3n) is 6.63. The Hall–Kier alpha value is -2.52. The first-order valence-electron chi connectivity index (χ1n) is 11.6. The standard InChI is InChI=1S/C23H35N5O4/c1-4-21(29)27-11-13-28(14-12-27)24-23(30)20-6-5-17-15-18(31-3)16-19(22(17)32-20)26-9-7-25(2)8-10-26/h15-16,20H,4-14H2,1-3H3,(H,24,30). The topological polar surface area (TPSA) is 77.6 Å². The molecule has 0 bridgehead atoms. The molecule has 0 spiro atoms. The molecule has 1 aromatic rings. The molecule has 1 aromatic carbocycles. The summed E-state index contributed by atoms with van der Waals surface area (Å²) in [7, 11) is 3.82. The fraction of sp³-hybridized carbons (Fsp3) is 0.652. The van der Waals surface area contributed by atoms with Gasteiger partial charge in [0.15, 0.2) is 6.10 Å². The summed E-state index contributed by atoms with van der Waals surface area (Å²) in [6, 6.07) is 4.04. The maximum atomic E-state index is 13.0. The summed E-state index contributed by atoms with van der Waals surface area (Å²) in [5, 5.41) is 1.90.